The lowest BCUT2D eigenvalue weighted by molar-refractivity contribution is -0.126. The molecule has 0 radical (unpaired) electrons. The number of halogens is 3. The molecule has 1 fully saturated rings. The summed E-state index contributed by atoms with van der Waals surface area (Å²) >= 11 is 1.05. The molecule has 9 heteroatoms. The molecule has 2 aromatic rings. The molecule has 1 unspecified atom stereocenters. The Hall–Kier alpha value is -1.92. The molecule has 2 aromatic heterocycles. The fourth-order valence-corrected chi connectivity index (χ4v) is 4.04. The number of piperidine rings is 1. The summed E-state index contributed by atoms with van der Waals surface area (Å²) in [4.78, 5) is 11.2. The van der Waals surface area contributed by atoms with E-state index in [0.717, 1.165) is 37.3 Å². The number of alkyl halides is 3. The summed E-state index contributed by atoms with van der Waals surface area (Å²) in [6.45, 7) is 3.50. The molecular formula is C16H18F3N5S. The van der Waals surface area contributed by atoms with Crippen LogP contribution in [-0.2, 0) is 6.42 Å². The lowest BCUT2D eigenvalue weighted by atomic mass is 10.0. The molecule has 0 aliphatic carbocycles. The lowest BCUT2D eigenvalue weighted by Gasteiger charge is -2.33. The van der Waals surface area contributed by atoms with Gasteiger partial charge in [-0.3, -0.25) is 4.90 Å². The molecular weight excluding hydrogens is 351 g/mol. The molecule has 1 aliphatic rings. The van der Waals surface area contributed by atoms with E-state index in [4.69, 9.17) is 5.26 Å². The quantitative estimate of drug-likeness (QED) is 0.892. The van der Waals surface area contributed by atoms with Gasteiger partial charge >= 0.3 is 6.18 Å². The van der Waals surface area contributed by atoms with Crippen molar-refractivity contribution in [2.24, 2.45) is 0 Å². The highest BCUT2D eigenvalue weighted by Crippen LogP contribution is 2.33. The van der Waals surface area contributed by atoms with Crippen LogP contribution < -0.4 is 5.32 Å². The first-order valence-electron chi connectivity index (χ1n) is 8.06. The van der Waals surface area contributed by atoms with Gasteiger partial charge in [-0.25, -0.2) is 9.97 Å². The summed E-state index contributed by atoms with van der Waals surface area (Å²) in [7, 11) is 0. The van der Waals surface area contributed by atoms with Crippen molar-refractivity contribution in [2.45, 2.75) is 44.4 Å². The number of nitrogens with zero attached hydrogens (tertiary/aromatic N) is 4. The Kier molecular flexibility index (Phi) is 5.11. The van der Waals surface area contributed by atoms with Crippen molar-refractivity contribution in [3.63, 3.8) is 0 Å². The van der Waals surface area contributed by atoms with E-state index in [2.05, 4.69) is 26.3 Å². The third kappa shape index (κ3) is 4.38. The minimum atomic E-state index is -4.23. The molecule has 25 heavy (non-hydrogen) atoms. The highest BCUT2D eigenvalue weighted by Gasteiger charge is 2.29. The molecule has 5 nitrogen and oxygen atoms in total. The topological polar surface area (TPSA) is 64.8 Å². The molecule has 0 spiro atoms. The molecule has 0 bridgehead atoms. The zero-order valence-electron chi connectivity index (χ0n) is 13.7. The first-order valence-corrected chi connectivity index (χ1v) is 8.88. The number of hydrogen-bond acceptors (Lipinski definition) is 6. The Bertz CT molecular complexity index is 774. The zero-order chi connectivity index (χ0) is 18.0. The van der Waals surface area contributed by atoms with Crippen LogP contribution in [0.25, 0.3) is 10.2 Å². The molecule has 1 saturated heterocycles. The van der Waals surface area contributed by atoms with Crippen LogP contribution >= 0.6 is 11.3 Å². The predicted octanol–water partition coefficient (Wildman–Crippen LogP) is 3.58. The molecule has 3 heterocycles. The summed E-state index contributed by atoms with van der Waals surface area (Å²) in [5, 5.41) is 13.0. The molecule has 134 valence electrons. The Morgan fingerprint density at radius 3 is 2.76 bits per heavy atom. The maximum absolute atomic E-state index is 12.6. The molecule has 1 atom stereocenters. The Morgan fingerprint density at radius 2 is 2.12 bits per heavy atom. The van der Waals surface area contributed by atoms with Gasteiger partial charge in [-0.1, -0.05) is 0 Å². The first-order chi connectivity index (χ1) is 11.9. The number of likely N-dealkylation sites (tertiary alicyclic amines) is 1. The standard InChI is InChI=1S/C16H18F3N5S/c1-10(8-20)24-4-2-11(3-5-24)23-14-13-6-12(7-16(17,18)19)25-15(13)22-9-21-14/h6,9-11H,2-5,7H2,1H3,(H,21,22,23). The second kappa shape index (κ2) is 7.14. The maximum atomic E-state index is 12.6. The Labute approximate surface area is 147 Å². The monoisotopic (exact) mass is 369 g/mol. The van der Waals surface area contributed by atoms with Gasteiger partial charge in [0.25, 0.3) is 0 Å². The van der Waals surface area contributed by atoms with E-state index < -0.39 is 12.6 Å². The average molecular weight is 369 g/mol. The van der Waals surface area contributed by atoms with Crippen LogP contribution in [0, 0.1) is 11.3 Å². The summed E-state index contributed by atoms with van der Waals surface area (Å²) in [5.41, 5.74) is 0. The van der Waals surface area contributed by atoms with Gasteiger partial charge < -0.3 is 5.32 Å². The Balaban J connectivity index is 1.71. The number of hydrogen-bond donors (Lipinski definition) is 1. The molecule has 0 amide bonds. The van der Waals surface area contributed by atoms with Gasteiger partial charge in [0, 0.05) is 24.0 Å². The van der Waals surface area contributed by atoms with Crippen LogP contribution in [0.15, 0.2) is 12.4 Å². The number of nitrogens with one attached hydrogen (secondary N) is 1. The lowest BCUT2D eigenvalue weighted by Crippen LogP contribution is -2.43. The molecule has 0 aromatic carbocycles. The van der Waals surface area contributed by atoms with E-state index in [0.29, 0.717) is 16.0 Å². The van der Waals surface area contributed by atoms with E-state index in [1.165, 1.54) is 12.4 Å². The van der Waals surface area contributed by atoms with Gasteiger partial charge in [0.1, 0.15) is 17.0 Å². The van der Waals surface area contributed by atoms with Gasteiger partial charge in [-0.2, -0.15) is 18.4 Å². The smallest absolute Gasteiger partial charge is 0.367 e. The van der Waals surface area contributed by atoms with E-state index >= 15 is 0 Å². The second-order valence-corrected chi connectivity index (χ2v) is 7.32. The summed E-state index contributed by atoms with van der Waals surface area (Å²) in [6, 6.07) is 3.85. The summed E-state index contributed by atoms with van der Waals surface area (Å²) in [5.74, 6) is 0.585. The SMILES string of the molecule is CC(C#N)N1CCC(Nc2ncnc3sc(CC(F)(F)F)cc23)CC1. The van der Waals surface area contributed by atoms with E-state index in [1.807, 2.05) is 6.92 Å². The largest absolute Gasteiger partial charge is 0.393 e. The van der Waals surface area contributed by atoms with Gasteiger partial charge in [0.2, 0.25) is 0 Å². The number of thiophene rings is 1. The highest BCUT2D eigenvalue weighted by molar-refractivity contribution is 7.18. The van der Waals surface area contributed by atoms with Gasteiger partial charge in [-0.05, 0) is 25.8 Å². The Morgan fingerprint density at radius 1 is 1.40 bits per heavy atom. The summed E-state index contributed by atoms with van der Waals surface area (Å²) in [6.07, 6.45) is -2.08. The van der Waals surface area contributed by atoms with Crippen molar-refractivity contribution in [1.82, 2.24) is 14.9 Å². The van der Waals surface area contributed by atoms with E-state index in [1.54, 1.807) is 0 Å². The summed E-state index contributed by atoms with van der Waals surface area (Å²) < 4.78 is 37.8. The van der Waals surface area contributed by atoms with Crippen LogP contribution in [0.1, 0.15) is 24.6 Å². The molecule has 3 rings (SSSR count). The normalized spacial score (nSPS) is 18.2. The van der Waals surface area contributed by atoms with Crippen molar-refractivity contribution in [3.8, 4) is 6.07 Å². The molecule has 0 saturated carbocycles. The predicted molar refractivity (Wildman–Crippen MR) is 90.5 cm³/mol. The van der Waals surface area contributed by atoms with Crippen LogP contribution in [0.4, 0.5) is 19.0 Å². The van der Waals surface area contributed by atoms with Crippen molar-refractivity contribution < 1.29 is 13.2 Å². The van der Waals surface area contributed by atoms with Gasteiger partial charge in [0.05, 0.1) is 23.9 Å². The minimum Gasteiger partial charge on any atom is -0.367 e. The number of fused-ring (bicyclic) bond motifs is 1. The van der Waals surface area contributed by atoms with Crippen molar-refractivity contribution >= 4 is 27.4 Å². The van der Waals surface area contributed by atoms with Crippen molar-refractivity contribution in [1.29, 1.82) is 5.26 Å². The third-order valence-corrected chi connectivity index (χ3v) is 5.40. The van der Waals surface area contributed by atoms with Gasteiger partial charge in [-0.15, -0.1) is 11.3 Å². The fourth-order valence-electron chi connectivity index (χ4n) is 3.01. The van der Waals surface area contributed by atoms with E-state index in [9.17, 15) is 13.2 Å². The fraction of sp³-hybridized carbons (Fsp3) is 0.562. The van der Waals surface area contributed by atoms with Crippen molar-refractivity contribution in [3.05, 3.63) is 17.3 Å². The van der Waals surface area contributed by atoms with E-state index in [-0.39, 0.29) is 17.0 Å². The number of nitriles is 1. The third-order valence-electron chi connectivity index (χ3n) is 4.36. The minimum absolute atomic E-state index is 0.103. The second-order valence-electron chi connectivity index (χ2n) is 6.21. The number of rotatable bonds is 4. The van der Waals surface area contributed by atoms with Crippen LogP contribution in [0.2, 0.25) is 0 Å². The average Bonchev–Trinajstić information content (AvgIpc) is 2.96. The zero-order valence-corrected chi connectivity index (χ0v) is 14.5. The maximum Gasteiger partial charge on any atom is 0.393 e. The van der Waals surface area contributed by atoms with Gasteiger partial charge in [0.15, 0.2) is 0 Å². The highest BCUT2D eigenvalue weighted by atomic mass is 32.1. The van der Waals surface area contributed by atoms with Crippen LogP contribution in [0.5, 0.6) is 0 Å². The van der Waals surface area contributed by atoms with Crippen molar-refractivity contribution in [2.75, 3.05) is 18.4 Å². The van der Waals surface area contributed by atoms with Crippen LogP contribution in [0.3, 0.4) is 0 Å². The first kappa shape index (κ1) is 17.9. The number of anilines is 1. The molecule has 1 aliphatic heterocycles. The van der Waals surface area contributed by atoms with Crippen LogP contribution in [-0.4, -0.2) is 46.2 Å². The molecule has 1 N–H and O–H groups in total. The number of aromatic nitrogens is 2.